The minimum absolute atomic E-state index is 0.00163. The molecule has 9 heteroatoms. The van der Waals surface area contributed by atoms with Crippen LogP contribution in [0.3, 0.4) is 0 Å². The van der Waals surface area contributed by atoms with E-state index >= 15 is 0 Å². The molecule has 0 radical (unpaired) electrons. The topological polar surface area (TPSA) is 106 Å². The molecule has 1 saturated heterocycles. The van der Waals surface area contributed by atoms with Gasteiger partial charge in [0.15, 0.2) is 6.29 Å². The van der Waals surface area contributed by atoms with Gasteiger partial charge in [-0.1, -0.05) is 115 Å². The number of nitrogens with one attached hydrogen (secondary N) is 2. The van der Waals surface area contributed by atoms with E-state index in [9.17, 15) is 14.7 Å². The fourth-order valence-electron chi connectivity index (χ4n) is 6.00. The Kier molecular flexibility index (Phi) is 12.5. The Balaban J connectivity index is 1.10. The maximum Gasteiger partial charge on any atom is 0.328 e. The first-order chi connectivity index (χ1) is 25.0. The molecule has 8 nitrogen and oxygen atoms in total. The SMILES string of the molecule is COC(=O)[C@H](Cc1ccccc1)NC(=O)NCc1cccc(-c2ccc([C@H]3O[C@@H](CSc4ccccc4)C[C@@H](c4ccc(CO)cc4)O3)cc2)c1. The lowest BCUT2D eigenvalue weighted by Crippen LogP contribution is -2.47. The molecule has 2 amide bonds. The molecule has 0 aromatic heterocycles. The largest absolute Gasteiger partial charge is 0.467 e. The summed E-state index contributed by atoms with van der Waals surface area (Å²) in [5.41, 5.74) is 6.70. The maximum atomic E-state index is 12.8. The van der Waals surface area contributed by atoms with Crippen molar-refractivity contribution in [2.24, 2.45) is 0 Å². The van der Waals surface area contributed by atoms with Gasteiger partial charge < -0.3 is 30.0 Å². The molecule has 1 fully saturated rings. The monoisotopic (exact) mass is 702 g/mol. The molecule has 0 bridgehead atoms. The number of esters is 1. The summed E-state index contributed by atoms with van der Waals surface area (Å²) in [6.07, 6.45) is 0.331. The highest BCUT2D eigenvalue weighted by molar-refractivity contribution is 7.99. The first-order valence-electron chi connectivity index (χ1n) is 17.0. The molecule has 262 valence electrons. The van der Waals surface area contributed by atoms with Gasteiger partial charge in [-0.05, 0) is 51.6 Å². The van der Waals surface area contributed by atoms with Crippen molar-refractivity contribution in [2.75, 3.05) is 12.9 Å². The van der Waals surface area contributed by atoms with Crippen LogP contribution in [0.2, 0.25) is 0 Å². The standard InChI is InChI=1S/C42H42N2O6S/c1-48-40(46)38(24-29-9-4-2-5-10-29)44-42(47)43-26-31-11-8-12-35(23-31)32-19-21-34(22-20-32)41-49-36(28-51-37-13-6-3-7-14-37)25-39(50-41)33-17-15-30(27-45)16-18-33/h2-23,36,38-39,41,45H,24-28H2,1H3,(H2,43,44,47)/t36-,38+,39+,41+/m1/s1. The van der Waals surface area contributed by atoms with E-state index in [1.807, 2.05) is 109 Å². The molecule has 5 aromatic rings. The van der Waals surface area contributed by atoms with Crippen LogP contribution in [-0.2, 0) is 38.6 Å². The van der Waals surface area contributed by atoms with Gasteiger partial charge in [0.2, 0.25) is 0 Å². The molecule has 0 aliphatic carbocycles. The van der Waals surface area contributed by atoms with E-state index in [2.05, 4.69) is 34.9 Å². The summed E-state index contributed by atoms with van der Waals surface area (Å²) in [4.78, 5) is 26.4. The van der Waals surface area contributed by atoms with Crippen molar-refractivity contribution in [1.29, 1.82) is 0 Å². The van der Waals surface area contributed by atoms with Crippen LogP contribution in [0.1, 0.15) is 46.6 Å². The number of ether oxygens (including phenoxy) is 3. The number of methoxy groups -OCH3 is 1. The van der Waals surface area contributed by atoms with Crippen LogP contribution < -0.4 is 10.6 Å². The zero-order chi connectivity index (χ0) is 35.4. The third-order valence-electron chi connectivity index (χ3n) is 8.76. The predicted octanol–water partition coefficient (Wildman–Crippen LogP) is 7.77. The minimum Gasteiger partial charge on any atom is -0.467 e. The zero-order valence-electron chi connectivity index (χ0n) is 28.4. The zero-order valence-corrected chi connectivity index (χ0v) is 29.3. The van der Waals surface area contributed by atoms with Crippen molar-refractivity contribution in [1.82, 2.24) is 10.6 Å². The minimum atomic E-state index is -0.806. The lowest BCUT2D eigenvalue weighted by molar-refractivity contribution is -0.245. The fraction of sp³-hybridized carbons (Fsp3) is 0.238. The third kappa shape index (κ3) is 10.1. The number of hydrogen-bond acceptors (Lipinski definition) is 7. The van der Waals surface area contributed by atoms with Crippen molar-refractivity contribution in [3.63, 3.8) is 0 Å². The van der Waals surface area contributed by atoms with Crippen LogP contribution in [0.4, 0.5) is 4.79 Å². The number of benzene rings is 5. The second-order valence-corrected chi connectivity index (χ2v) is 13.5. The molecule has 1 aliphatic rings. The summed E-state index contributed by atoms with van der Waals surface area (Å²) < 4.78 is 18.0. The van der Waals surface area contributed by atoms with Crippen molar-refractivity contribution in [2.45, 2.75) is 55.4 Å². The van der Waals surface area contributed by atoms with Gasteiger partial charge in [0.25, 0.3) is 0 Å². The summed E-state index contributed by atoms with van der Waals surface area (Å²) in [6.45, 7) is 0.283. The first-order valence-corrected chi connectivity index (χ1v) is 18.0. The van der Waals surface area contributed by atoms with E-state index in [4.69, 9.17) is 14.2 Å². The Morgan fingerprint density at radius 3 is 2.18 bits per heavy atom. The number of aliphatic hydroxyl groups excluding tert-OH is 1. The quantitative estimate of drug-likeness (QED) is 0.0851. The van der Waals surface area contributed by atoms with Crippen molar-refractivity contribution >= 4 is 23.8 Å². The van der Waals surface area contributed by atoms with Gasteiger partial charge in [-0.25, -0.2) is 9.59 Å². The highest BCUT2D eigenvalue weighted by atomic mass is 32.2. The predicted molar refractivity (Wildman–Crippen MR) is 199 cm³/mol. The van der Waals surface area contributed by atoms with Crippen LogP contribution in [0.5, 0.6) is 0 Å². The lowest BCUT2D eigenvalue weighted by Gasteiger charge is -2.36. The summed E-state index contributed by atoms with van der Waals surface area (Å²) in [6, 6.07) is 42.6. The van der Waals surface area contributed by atoms with E-state index in [0.29, 0.717) is 6.42 Å². The second-order valence-electron chi connectivity index (χ2n) is 12.4. The Labute approximate surface area is 303 Å². The maximum absolute atomic E-state index is 12.8. The normalized spacial score (nSPS) is 17.6. The Hall–Kier alpha value is -4.93. The molecule has 6 rings (SSSR count). The van der Waals surface area contributed by atoms with E-state index < -0.39 is 24.3 Å². The molecular weight excluding hydrogens is 661 g/mol. The number of aliphatic hydroxyl groups is 1. The van der Waals surface area contributed by atoms with Crippen LogP contribution in [0.25, 0.3) is 11.1 Å². The van der Waals surface area contributed by atoms with Crippen molar-refractivity contribution < 1.29 is 28.9 Å². The molecule has 1 heterocycles. The summed E-state index contributed by atoms with van der Waals surface area (Å²) >= 11 is 1.77. The summed E-state index contributed by atoms with van der Waals surface area (Å²) in [5, 5.41) is 15.1. The molecule has 5 aromatic carbocycles. The van der Waals surface area contributed by atoms with Crippen LogP contribution in [0, 0.1) is 0 Å². The van der Waals surface area contributed by atoms with Crippen LogP contribution in [0.15, 0.2) is 138 Å². The van der Waals surface area contributed by atoms with Crippen LogP contribution >= 0.6 is 11.8 Å². The fourth-order valence-corrected chi connectivity index (χ4v) is 6.94. The van der Waals surface area contributed by atoms with E-state index in [-0.39, 0.29) is 25.4 Å². The highest BCUT2D eigenvalue weighted by Gasteiger charge is 2.32. The molecule has 51 heavy (non-hydrogen) atoms. The van der Waals surface area contributed by atoms with E-state index in [1.165, 1.54) is 12.0 Å². The van der Waals surface area contributed by atoms with Gasteiger partial charge in [-0.2, -0.15) is 0 Å². The number of amides is 2. The first kappa shape index (κ1) is 35.9. The molecule has 3 N–H and O–H groups in total. The number of carbonyl (C=O) groups is 2. The summed E-state index contributed by atoms with van der Waals surface area (Å²) in [5.74, 6) is 0.292. The average Bonchev–Trinajstić information content (AvgIpc) is 3.19. The van der Waals surface area contributed by atoms with Gasteiger partial charge in [0.05, 0.1) is 25.9 Å². The molecule has 0 saturated carbocycles. The number of hydrogen-bond donors (Lipinski definition) is 3. The molecule has 4 atom stereocenters. The van der Waals surface area contributed by atoms with Crippen LogP contribution in [-0.4, -0.2) is 42.1 Å². The summed E-state index contributed by atoms with van der Waals surface area (Å²) in [7, 11) is 1.31. The second kappa shape index (κ2) is 17.8. The Morgan fingerprint density at radius 2 is 1.47 bits per heavy atom. The third-order valence-corrected chi connectivity index (χ3v) is 9.91. The smallest absolute Gasteiger partial charge is 0.328 e. The number of rotatable bonds is 13. The Bertz CT molecular complexity index is 1850. The molecule has 0 unspecified atom stereocenters. The average molecular weight is 703 g/mol. The van der Waals surface area contributed by atoms with Gasteiger partial charge in [-0.3, -0.25) is 0 Å². The number of urea groups is 1. The number of thioether (sulfide) groups is 1. The van der Waals surface area contributed by atoms with E-state index in [1.54, 1.807) is 11.8 Å². The highest BCUT2D eigenvalue weighted by Crippen LogP contribution is 2.40. The Morgan fingerprint density at radius 1 is 0.784 bits per heavy atom. The lowest BCUT2D eigenvalue weighted by atomic mass is 9.99. The van der Waals surface area contributed by atoms with Gasteiger partial charge in [-0.15, -0.1) is 11.8 Å². The molecule has 0 spiro atoms. The van der Waals surface area contributed by atoms with Gasteiger partial charge >= 0.3 is 12.0 Å². The van der Waals surface area contributed by atoms with Gasteiger partial charge in [0.1, 0.15) is 6.04 Å². The molecular formula is C42H42N2O6S. The van der Waals surface area contributed by atoms with Gasteiger partial charge in [0, 0.05) is 35.6 Å². The van der Waals surface area contributed by atoms with Crippen molar-refractivity contribution in [3.8, 4) is 11.1 Å². The van der Waals surface area contributed by atoms with Crippen molar-refractivity contribution in [3.05, 3.63) is 161 Å². The van der Waals surface area contributed by atoms with E-state index in [0.717, 1.165) is 51.1 Å². The molecule has 1 aliphatic heterocycles. The number of carbonyl (C=O) groups excluding carboxylic acids is 2.